The number of nitrogens with zero attached hydrogens (tertiary/aromatic N) is 4. The average molecular weight is 381 g/mol. The number of carbonyl (C=O) groups excluding carboxylic acids is 1. The molecule has 2 aliphatic heterocycles. The van der Waals surface area contributed by atoms with E-state index < -0.39 is 18.3 Å². The molecular formula is C17H26BClN4O3. The van der Waals surface area contributed by atoms with E-state index in [1.165, 1.54) is 0 Å². The predicted octanol–water partition coefficient (Wildman–Crippen LogP) is 1.05. The lowest BCUT2D eigenvalue weighted by molar-refractivity contribution is -0.127. The highest BCUT2D eigenvalue weighted by molar-refractivity contribution is 6.61. The molecule has 0 unspecified atom stereocenters. The number of hydrogen-bond donors (Lipinski definition) is 0. The normalized spacial score (nSPS) is 24.2. The third-order valence-electron chi connectivity index (χ3n) is 5.68. The Labute approximate surface area is 160 Å². The van der Waals surface area contributed by atoms with E-state index >= 15 is 0 Å². The molecule has 1 atom stereocenters. The van der Waals surface area contributed by atoms with Gasteiger partial charge in [-0.1, -0.05) is 0 Å². The van der Waals surface area contributed by atoms with E-state index in [2.05, 4.69) is 9.97 Å². The summed E-state index contributed by atoms with van der Waals surface area (Å²) in [6.45, 7) is 9.43. The number of rotatable bonds is 4. The fourth-order valence-corrected chi connectivity index (χ4v) is 3.32. The lowest BCUT2D eigenvalue weighted by atomic mass is 9.81. The number of likely N-dealkylation sites (N-methyl/N-ethyl adjacent to an activating group) is 1. The van der Waals surface area contributed by atoms with Gasteiger partial charge in [0.25, 0.3) is 0 Å². The lowest BCUT2D eigenvalue weighted by Crippen LogP contribution is -2.41. The standard InChI is InChI=1S/C17H26BClN4O3/c1-16(2)17(3,4)26-18(25-16)12-9-20-15(21-10-12)22(5)13-6-7-23(11-13)14(24)8-19/h9-10,13H,6-8,11H2,1-5H3/t13-/m1/s1. The number of hydrogen-bond acceptors (Lipinski definition) is 6. The maximum Gasteiger partial charge on any atom is 0.498 e. The monoisotopic (exact) mass is 380 g/mol. The molecule has 1 amide bonds. The summed E-state index contributed by atoms with van der Waals surface area (Å²) in [6, 6.07) is 0.185. The first-order chi connectivity index (χ1) is 12.1. The van der Waals surface area contributed by atoms with Gasteiger partial charge in [-0.25, -0.2) is 9.97 Å². The van der Waals surface area contributed by atoms with Gasteiger partial charge in [0, 0.05) is 38.0 Å². The Bertz CT molecular complexity index is 654. The van der Waals surface area contributed by atoms with Crippen molar-refractivity contribution >= 4 is 36.0 Å². The quantitative estimate of drug-likeness (QED) is 0.574. The summed E-state index contributed by atoms with van der Waals surface area (Å²) in [6.07, 6.45) is 4.37. The van der Waals surface area contributed by atoms with Crippen LogP contribution in [0, 0.1) is 0 Å². The van der Waals surface area contributed by atoms with Crippen molar-refractivity contribution in [1.29, 1.82) is 0 Å². The zero-order valence-electron chi connectivity index (χ0n) is 16.0. The summed E-state index contributed by atoms with van der Waals surface area (Å²) in [5.41, 5.74) is 0.0105. The molecule has 26 heavy (non-hydrogen) atoms. The molecule has 0 bridgehead atoms. The van der Waals surface area contributed by atoms with Crippen molar-refractivity contribution in [1.82, 2.24) is 14.9 Å². The fraction of sp³-hybridized carbons (Fsp3) is 0.706. The molecule has 0 saturated carbocycles. The summed E-state index contributed by atoms with van der Waals surface area (Å²) in [4.78, 5) is 24.5. The molecule has 9 heteroatoms. The van der Waals surface area contributed by atoms with Gasteiger partial charge >= 0.3 is 7.12 Å². The van der Waals surface area contributed by atoms with E-state index in [0.717, 1.165) is 11.9 Å². The van der Waals surface area contributed by atoms with Crippen LogP contribution in [0.3, 0.4) is 0 Å². The van der Waals surface area contributed by atoms with Gasteiger partial charge in [0.05, 0.1) is 17.2 Å². The summed E-state index contributed by atoms with van der Waals surface area (Å²) in [5, 5.41) is 0. The van der Waals surface area contributed by atoms with Gasteiger partial charge in [-0.15, -0.1) is 11.6 Å². The van der Waals surface area contributed by atoms with Crippen LogP contribution in [-0.2, 0) is 14.1 Å². The van der Waals surface area contributed by atoms with E-state index in [4.69, 9.17) is 20.9 Å². The molecular weight excluding hydrogens is 354 g/mol. The van der Waals surface area contributed by atoms with Crippen LogP contribution in [-0.4, -0.2) is 71.2 Å². The minimum Gasteiger partial charge on any atom is -0.399 e. The number of amides is 1. The number of carbonyl (C=O) groups is 1. The Morgan fingerprint density at radius 3 is 2.42 bits per heavy atom. The highest BCUT2D eigenvalue weighted by Gasteiger charge is 2.52. The third kappa shape index (κ3) is 3.55. The number of aromatic nitrogens is 2. The molecule has 3 rings (SSSR count). The zero-order valence-corrected chi connectivity index (χ0v) is 16.8. The minimum absolute atomic E-state index is 0.0235. The highest BCUT2D eigenvalue weighted by atomic mass is 35.5. The maximum absolute atomic E-state index is 11.7. The van der Waals surface area contributed by atoms with Gasteiger partial charge in [-0.3, -0.25) is 4.79 Å². The van der Waals surface area contributed by atoms with Crippen LogP contribution in [0.4, 0.5) is 5.95 Å². The summed E-state index contributed by atoms with van der Waals surface area (Å²) >= 11 is 5.64. The smallest absolute Gasteiger partial charge is 0.399 e. The van der Waals surface area contributed by atoms with E-state index in [9.17, 15) is 4.79 Å². The summed E-state index contributed by atoms with van der Waals surface area (Å²) in [5.74, 6) is 0.616. The molecule has 2 aliphatic rings. The minimum atomic E-state index is -0.470. The largest absolute Gasteiger partial charge is 0.498 e. The Hall–Kier alpha value is -1.38. The Balaban J connectivity index is 1.66. The van der Waals surface area contributed by atoms with Crippen molar-refractivity contribution in [3.05, 3.63) is 12.4 Å². The zero-order chi connectivity index (χ0) is 19.1. The van der Waals surface area contributed by atoms with Crippen LogP contribution in [0.1, 0.15) is 34.1 Å². The first-order valence-electron chi connectivity index (χ1n) is 8.89. The first-order valence-corrected chi connectivity index (χ1v) is 9.42. The van der Waals surface area contributed by atoms with Crippen molar-refractivity contribution in [2.75, 3.05) is 30.9 Å². The van der Waals surface area contributed by atoms with Crippen LogP contribution < -0.4 is 10.4 Å². The van der Waals surface area contributed by atoms with E-state index in [1.54, 1.807) is 17.3 Å². The number of likely N-dealkylation sites (tertiary alicyclic amines) is 1. The van der Waals surface area contributed by atoms with Gasteiger partial charge in [0.1, 0.15) is 5.88 Å². The topological polar surface area (TPSA) is 67.8 Å². The van der Waals surface area contributed by atoms with Gasteiger partial charge in [0.15, 0.2) is 0 Å². The molecule has 3 heterocycles. The average Bonchev–Trinajstić information content (AvgIpc) is 3.17. The molecule has 0 aromatic carbocycles. The van der Waals surface area contributed by atoms with Gasteiger partial charge in [-0.05, 0) is 34.1 Å². The third-order valence-corrected chi connectivity index (χ3v) is 5.91. The summed E-state index contributed by atoms with van der Waals surface area (Å²) in [7, 11) is 1.48. The Morgan fingerprint density at radius 1 is 1.31 bits per heavy atom. The number of halogens is 1. The second kappa shape index (κ2) is 6.98. The van der Waals surface area contributed by atoms with E-state index in [1.807, 2.05) is 39.6 Å². The van der Waals surface area contributed by atoms with Crippen molar-refractivity contribution in [2.24, 2.45) is 0 Å². The van der Waals surface area contributed by atoms with Crippen molar-refractivity contribution < 1.29 is 14.1 Å². The van der Waals surface area contributed by atoms with Crippen molar-refractivity contribution in [3.8, 4) is 0 Å². The molecule has 1 aromatic rings. The van der Waals surface area contributed by atoms with Crippen molar-refractivity contribution in [3.63, 3.8) is 0 Å². The Morgan fingerprint density at radius 2 is 1.88 bits per heavy atom. The Kier molecular flexibility index (Phi) is 5.20. The van der Waals surface area contributed by atoms with Crippen LogP contribution in [0.2, 0.25) is 0 Å². The number of anilines is 1. The molecule has 7 nitrogen and oxygen atoms in total. The molecule has 0 radical (unpaired) electrons. The van der Waals surface area contributed by atoms with Crippen LogP contribution in [0.15, 0.2) is 12.4 Å². The van der Waals surface area contributed by atoms with E-state index in [0.29, 0.717) is 19.0 Å². The maximum atomic E-state index is 11.7. The number of alkyl halides is 1. The van der Waals surface area contributed by atoms with Gasteiger partial charge in [-0.2, -0.15) is 0 Å². The molecule has 2 fully saturated rings. The van der Waals surface area contributed by atoms with Gasteiger partial charge in [0.2, 0.25) is 11.9 Å². The first kappa shape index (κ1) is 19.4. The molecule has 0 aliphatic carbocycles. The predicted molar refractivity (Wildman–Crippen MR) is 102 cm³/mol. The van der Waals surface area contributed by atoms with E-state index in [-0.39, 0.29) is 17.8 Å². The highest BCUT2D eigenvalue weighted by Crippen LogP contribution is 2.36. The van der Waals surface area contributed by atoms with Crippen LogP contribution >= 0.6 is 11.6 Å². The molecule has 1 aromatic heterocycles. The lowest BCUT2D eigenvalue weighted by Gasteiger charge is -2.32. The van der Waals surface area contributed by atoms with Gasteiger partial charge < -0.3 is 19.1 Å². The second-order valence-electron chi connectivity index (χ2n) is 7.93. The SMILES string of the molecule is CN(c1ncc(B2OC(C)(C)C(C)(C)O2)cn1)[C@@H]1CCN(C(=O)CCl)C1. The molecule has 2 saturated heterocycles. The summed E-state index contributed by atoms with van der Waals surface area (Å²) < 4.78 is 12.1. The van der Waals surface area contributed by atoms with Crippen LogP contribution in [0.25, 0.3) is 0 Å². The van der Waals surface area contributed by atoms with Crippen molar-refractivity contribution in [2.45, 2.75) is 51.4 Å². The molecule has 0 spiro atoms. The fourth-order valence-electron chi connectivity index (χ4n) is 3.15. The van der Waals surface area contributed by atoms with Crippen LogP contribution in [0.5, 0.6) is 0 Å². The molecule has 142 valence electrons. The second-order valence-corrected chi connectivity index (χ2v) is 8.20. The molecule has 0 N–H and O–H groups in total.